The molecule has 0 saturated carbocycles. The topological polar surface area (TPSA) is 173 Å². The molecule has 78 valence electrons. The zero-order valence-electron chi connectivity index (χ0n) is 5.14. The summed E-state index contributed by atoms with van der Waals surface area (Å²) in [6.07, 6.45) is 0. The molecule has 0 bridgehead atoms. The lowest BCUT2D eigenvalue weighted by molar-refractivity contribution is -0.0441. The predicted molar refractivity (Wildman–Crippen MR) is 31.8 cm³/mol. The first-order valence-corrected chi connectivity index (χ1v) is 4.61. The van der Waals surface area contributed by atoms with Crippen LogP contribution in [0.5, 0.6) is 0 Å². The largest absolute Gasteiger partial charge is 0.466 e. The van der Waals surface area contributed by atoms with Crippen molar-refractivity contribution in [3.63, 3.8) is 0 Å². The summed E-state index contributed by atoms with van der Waals surface area (Å²) in [7, 11) is -9.31. The van der Waals surface area contributed by atoms with Crippen molar-refractivity contribution in [2.45, 2.75) is 0 Å². The maximum Gasteiger partial charge on any atom is 0.466 e. The molecule has 12 heteroatoms. The van der Waals surface area contributed by atoms with Crippen LogP contribution in [0.2, 0.25) is 0 Å². The van der Waals surface area contributed by atoms with Gasteiger partial charge in [-0.15, -0.1) is 0 Å². The zero-order chi connectivity index (χ0) is 11.0. The quantitative estimate of drug-likeness (QED) is 0.210. The van der Waals surface area contributed by atoms with E-state index < -0.39 is 18.2 Å². The van der Waals surface area contributed by atoms with Crippen molar-refractivity contribution in [2.75, 3.05) is 0 Å². The molecule has 0 amide bonds. The Morgan fingerprint density at radius 1 is 1.00 bits per heavy atom. The number of hydrogen-bond acceptors (Lipinski definition) is 4. The maximum atomic E-state index is 8.88. The average Bonchev–Trinajstić information content (AvgIpc) is 1.59. The molecule has 0 atom stereocenters. The molecule has 0 radical (unpaired) electrons. The third-order valence-corrected chi connectivity index (χ3v) is 0. The van der Waals surface area contributed by atoms with Gasteiger partial charge in [-0.1, -0.05) is 4.53 Å². The average molecular weight is 232 g/mol. The summed E-state index contributed by atoms with van der Waals surface area (Å²) < 4.78 is 49.0. The van der Waals surface area contributed by atoms with Crippen LogP contribution in [0.4, 0.5) is 4.53 Å². The Bertz CT molecular complexity index is 192. The monoisotopic (exact) mass is 232 g/mol. The van der Waals surface area contributed by atoms with E-state index >= 15 is 0 Å². The molecule has 0 aliphatic carbocycles. The molecule has 0 aliphatic heterocycles. The summed E-state index contributed by atoms with van der Waals surface area (Å²) in [5.41, 5.74) is 0. The molecule has 0 aromatic heterocycles. The Hall–Kier alpha value is -0.130. The Labute approximate surface area is 65.8 Å². The molecule has 0 heterocycles. The van der Waals surface area contributed by atoms with E-state index in [9.17, 15) is 0 Å². The lowest BCUT2D eigenvalue weighted by Crippen LogP contribution is -1.89. The van der Waals surface area contributed by atoms with E-state index in [1.54, 1.807) is 0 Å². The van der Waals surface area contributed by atoms with Crippen LogP contribution in [0.3, 0.4) is 0 Å². The fourth-order valence-corrected chi connectivity index (χ4v) is 0. The van der Waals surface area contributed by atoms with E-state index in [2.05, 4.69) is 0 Å². The molecule has 0 fully saturated rings. The Balaban J connectivity index is -0.000000112. The minimum atomic E-state index is -4.67. The maximum absolute atomic E-state index is 8.88. The highest BCUT2D eigenvalue weighted by atomic mass is 32.3. The second-order valence-corrected chi connectivity index (χ2v) is 2.88. The first-order valence-electron chi connectivity index (χ1n) is 1.65. The van der Waals surface area contributed by atoms with Crippen LogP contribution in [0.1, 0.15) is 0 Å². The molecule has 6 N–H and O–H groups in total. The molecule has 0 aromatic carbocycles. The number of rotatable bonds is 0. The van der Waals surface area contributed by atoms with Gasteiger partial charge in [0.2, 0.25) is 0 Å². The highest BCUT2D eigenvalue weighted by molar-refractivity contribution is 7.79. The standard InChI is InChI=1S/FHO.H3O4P.H2O4S/c1-2;2*1-5(2,3)4/h2H;(H3,1,2,3,4);(H2,1,2,3,4). The van der Waals surface area contributed by atoms with Crippen LogP contribution in [-0.4, -0.2) is 37.5 Å². The number of phosphoric acid groups is 1. The molecule has 9 nitrogen and oxygen atoms in total. The van der Waals surface area contributed by atoms with Crippen molar-refractivity contribution in [2.24, 2.45) is 0 Å². The van der Waals surface area contributed by atoms with Gasteiger partial charge < -0.3 is 14.7 Å². The van der Waals surface area contributed by atoms with Crippen molar-refractivity contribution >= 4 is 18.2 Å². The van der Waals surface area contributed by atoms with E-state index in [0.717, 1.165) is 0 Å². The van der Waals surface area contributed by atoms with Gasteiger partial charge in [-0.25, -0.2) is 9.88 Å². The van der Waals surface area contributed by atoms with E-state index in [1.807, 2.05) is 0 Å². The van der Waals surface area contributed by atoms with Crippen molar-refractivity contribution in [3.05, 3.63) is 0 Å². The Morgan fingerprint density at radius 2 is 1.00 bits per heavy atom. The highest BCUT2D eigenvalue weighted by Crippen LogP contribution is 2.25. The summed E-state index contributed by atoms with van der Waals surface area (Å²) in [6, 6.07) is 0. The van der Waals surface area contributed by atoms with Gasteiger partial charge in [-0.3, -0.25) is 9.11 Å². The molecule has 0 aromatic rings. The molecule has 12 heavy (non-hydrogen) atoms. The first-order chi connectivity index (χ1) is 5.00. The second-order valence-electron chi connectivity index (χ2n) is 0.961. The minimum Gasteiger partial charge on any atom is -0.303 e. The summed E-state index contributed by atoms with van der Waals surface area (Å²) in [5.74, 6) is 0. The lowest BCUT2D eigenvalue weighted by Gasteiger charge is -1.82. The molecule has 0 aliphatic rings. The van der Waals surface area contributed by atoms with Crippen molar-refractivity contribution < 1.29 is 46.6 Å². The van der Waals surface area contributed by atoms with Crippen LogP contribution in [0.15, 0.2) is 0 Å². The highest BCUT2D eigenvalue weighted by Gasteiger charge is 2.00. The normalized spacial score (nSPS) is 10.2. The van der Waals surface area contributed by atoms with Gasteiger partial charge in [0.15, 0.2) is 0 Å². The van der Waals surface area contributed by atoms with Gasteiger partial charge in [0.05, 0.1) is 0 Å². The third kappa shape index (κ3) is 45900. The first kappa shape index (κ1) is 17.8. The van der Waals surface area contributed by atoms with Crippen LogP contribution in [0.25, 0.3) is 0 Å². The van der Waals surface area contributed by atoms with Crippen LogP contribution >= 0.6 is 7.82 Å². The minimum absolute atomic E-state index is 4.64. The smallest absolute Gasteiger partial charge is 0.303 e. The van der Waals surface area contributed by atoms with Gasteiger partial charge in [-0.05, 0) is 0 Å². The number of halogens is 1. The van der Waals surface area contributed by atoms with Gasteiger partial charge in [0, 0.05) is 0 Å². The van der Waals surface area contributed by atoms with Crippen molar-refractivity contribution in [1.29, 1.82) is 0 Å². The number of hydrogen-bond donors (Lipinski definition) is 6. The van der Waals surface area contributed by atoms with Crippen molar-refractivity contribution in [1.82, 2.24) is 0 Å². The molecular weight excluding hydrogens is 226 g/mol. The summed E-state index contributed by atoms with van der Waals surface area (Å²) >= 11 is 0. The summed E-state index contributed by atoms with van der Waals surface area (Å²) in [6.45, 7) is 0. The lowest BCUT2D eigenvalue weighted by atomic mass is 15.7. The van der Waals surface area contributed by atoms with Gasteiger partial charge in [0.25, 0.3) is 0 Å². The predicted octanol–water partition coefficient (Wildman–Crippen LogP) is -1.72. The van der Waals surface area contributed by atoms with E-state index in [-0.39, 0.29) is 0 Å². The fourth-order valence-electron chi connectivity index (χ4n) is 0. The van der Waals surface area contributed by atoms with Gasteiger partial charge >= 0.3 is 18.2 Å². The summed E-state index contributed by atoms with van der Waals surface area (Å²) in [4.78, 5) is 21.6. The Morgan fingerprint density at radius 3 is 1.00 bits per heavy atom. The molecule has 0 rings (SSSR count). The van der Waals surface area contributed by atoms with Crippen molar-refractivity contribution in [3.8, 4) is 0 Å². The van der Waals surface area contributed by atoms with Gasteiger partial charge in [-0.2, -0.15) is 8.42 Å². The Kier molecular flexibility index (Phi) is 11.2. The van der Waals surface area contributed by atoms with E-state index in [1.165, 1.54) is 0 Å². The molecule has 0 unspecified atom stereocenters. The molecule has 0 spiro atoms. The zero-order valence-corrected chi connectivity index (χ0v) is 6.85. The van der Waals surface area contributed by atoms with E-state index in [0.29, 0.717) is 0 Å². The second kappa shape index (κ2) is 7.52. The fraction of sp³-hybridized carbons (Fsp3) is 0. The van der Waals surface area contributed by atoms with Crippen LogP contribution in [-0.2, 0) is 15.0 Å². The molecular formula is H6FO9PS. The van der Waals surface area contributed by atoms with Crippen LogP contribution < -0.4 is 0 Å². The third-order valence-electron chi connectivity index (χ3n) is 0. The van der Waals surface area contributed by atoms with Gasteiger partial charge in [0.1, 0.15) is 0 Å². The van der Waals surface area contributed by atoms with E-state index in [4.69, 9.17) is 46.6 Å². The summed E-state index contributed by atoms with van der Waals surface area (Å²) in [5, 5.41) is 5.50. The van der Waals surface area contributed by atoms with Crippen LogP contribution in [0, 0.1) is 0 Å². The SMILES string of the molecule is O=P(O)(O)O.O=S(=O)(O)O.OF. The molecule has 0 saturated heterocycles.